The summed E-state index contributed by atoms with van der Waals surface area (Å²) in [5, 5.41) is 8.55. The average molecular weight is 171 g/mol. The van der Waals surface area contributed by atoms with Gasteiger partial charge in [-0.15, -0.1) is 0 Å². The summed E-state index contributed by atoms with van der Waals surface area (Å²) in [6.07, 6.45) is 1.75. The second kappa shape index (κ2) is 5.77. The minimum Gasteiger partial charge on any atom is -0.478 e. The molecule has 0 amide bonds. The summed E-state index contributed by atoms with van der Waals surface area (Å²) in [5.74, 6) is -0.831. The second-order valence-electron chi connectivity index (χ2n) is 2.68. The molecule has 0 rings (SSSR count). The van der Waals surface area contributed by atoms with Gasteiger partial charge in [-0.2, -0.15) is 0 Å². The third-order valence-corrected chi connectivity index (χ3v) is 1.89. The van der Waals surface area contributed by atoms with E-state index in [9.17, 15) is 4.79 Å². The van der Waals surface area contributed by atoms with Crippen LogP contribution in [0.2, 0.25) is 0 Å². The number of hydrogen-bond donors (Lipinski definition) is 1. The van der Waals surface area contributed by atoms with Crippen molar-refractivity contribution < 1.29 is 9.90 Å². The number of carboxylic acid groups (broad SMARTS) is 1. The van der Waals surface area contributed by atoms with Gasteiger partial charge in [0.25, 0.3) is 0 Å². The van der Waals surface area contributed by atoms with E-state index in [1.165, 1.54) is 0 Å². The monoisotopic (exact) mass is 171 g/mol. The zero-order chi connectivity index (χ0) is 9.56. The van der Waals surface area contributed by atoms with Gasteiger partial charge in [0, 0.05) is 12.1 Å². The Labute approximate surface area is 73.7 Å². The maximum Gasteiger partial charge on any atom is 0.330 e. The van der Waals surface area contributed by atoms with E-state index < -0.39 is 5.97 Å². The molecule has 0 aromatic carbocycles. The highest BCUT2D eigenvalue weighted by molar-refractivity contribution is 5.85. The summed E-state index contributed by atoms with van der Waals surface area (Å²) in [4.78, 5) is 12.6. The Hall–Kier alpha value is -0.830. The molecule has 1 N–H and O–H groups in total. The van der Waals surface area contributed by atoms with Gasteiger partial charge in [0.05, 0.1) is 0 Å². The van der Waals surface area contributed by atoms with Crippen LogP contribution in [-0.2, 0) is 4.79 Å². The third kappa shape index (κ3) is 4.13. The van der Waals surface area contributed by atoms with Crippen LogP contribution in [0, 0.1) is 0 Å². The Morgan fingerprint density at radius 3 is 2.25 bits per heavy atom. The van der Waals surface area contributed by atoms with Crippen LogP contribution in [0.5, 0.6) is 0 Å². The van der Waals surface area contributed by atoms with Gasteiger partial charge >= 0.3 is 5.97 Å². The Morgan fingerprint density at radius 1 is 1.42 bits per heavy atom. The predicted octanol–water partition coefficient (Wildman–Crippen LogP) is 1.36. The summed E-state index contributed by atoms with van der Waals surface area (Å²) in [6, 6.07) is 0. The molecule has 3 heteroatoms. The van der Waals surface area contributed by atoms with Gasteiger partial charge in [0.15, 0.2) is 0 Å². The maximum absolute atomic E-state index is 10.4. The molecule has 0 heterocycles. The van der Waals surface area contributed by atoms with Gasteiger partial charge in [-0.25, -0.2) is 4.79 Å². The molecule has 0 fully saturated rings. The van der Waals surface area contributed by atoms with Crippen molar-refractivity contribution in [2.24, 2.45) is 0 Å². The Morgan fingerprint density at radius 2 is 1.92 bits per heavy atom. The fourth-order valence-electron chi connectivity index (χ4n) is 0.835. The zero-order valence-corrected chi connectivity index (χ0v) is 8.00. The van der Waals surface area contributed by atoms with Crippen LogP contribution < -0.4 is 0 Å². The fraction of sp³-hybridized carbons (Fsp3) is 0.667. The van der Waals surface area contributed by atoms with Crippen molar-refractivity contribution in [3.05, 3.63) is 11.6 Å². The van der Waals surface area contributed by atoms with Crippen LogP contribution in [0.3, 0.4) is 0 Å². The Kier molecular flexibility index (Phi) is 5.37. The van der Waals surface area contributed by atoms with Crippen LogP contribution in [0.4, 0.5) is 0 Å². The first-order valence-electron chi connectivity index (χ1n) is 4.24. The summed E-state index contributed by atoms with van der Waals surface area (Å²) < 4.78 is 0. The van der Waals surface area contributed by atoms with Crippen molar-refractivity contribution in [1.29, 1.82) is 0 Å². The molecular weight excluding hydrogens is 154 g/mol. The van der Waals surface area contributed by atoms with E-state index >= 15 is 0 Å². The number of likely N-dealkylation sites (N-methyl/N-ethyl adjacent to an activating group) is 1. The molecule has 3 nitrogen and oxygen atoms in total. The largest absolute Gasteiger partial charge is 0.478 e. The quantitative estimate of drug-likeness (QED) is 0.635. The van der Waals surface area contributed by atoms with Crippen molar-refractivity contribution in [1.82, 2.24) is 4.90 Å². The normalized spacial score (nSPS) is 12.2. The Bertz CT molecular complexity index is 171. The minimum atomic E-state index is -0.831. The molecule has 12 heavy (non-hydrogen) atoms. The number of rotatable bonds is 5. The molecule has 0 radical (unpaired) electrons. The lowest BCUT2D eigenvalue weighted by molar-refractivity contribution is -0.132. The fourth-order valence-corrected chi connectivity index (χ4v) is 0.835. The summed E-state index contributed by atoms with van der Waals surface area (Å²) in [6.45, 7) is 8.39. The predicted molar refractivity (Wildman–Crippen MR) is 49.2 cm³/mol. The molecule has 0 unspecified atom stereocenters. The summed E-state index contributed by atoms with van der Waals surface area (Å²) in [5.41, 5.74) is 0.418. The molecule has 0 aliphatic carbocycles. The van der Waals surface area contributed by atoms with Crippen LogP contribution in [0.1, 0.15) is 20.8 Å². The van der Waals surface area contributed by atoms with Gasteiger partial charge in [-0.05, 0) is 20.0 Å². The molecule has 70 valence electrons. The van der Waals surface area contributed by atoms with E-state index in [4.69, 9.17) is 5.11 Å². The van der Waals surface area contributed by atoms with Gasteiger partial charge in [0.1, 0.15) is 0 Å². The number of carboxylic acids is 1. The lowest BCUT2D eigenvalue weighted by atomic mass is 10.3. The summed E-state index contributed by atoms with van der Waals surface area (Å²) in [7, 11) is 0. The standard InChI is InChI=1S/C9H17NO2/c1-4-10(5-2)7-6-8(3)9(11)12/h6H,4-5,7H2,1-3H3,(H,11,12)/b8-6+. The summed E-state index contributed by atoms with van der Waals surface area (Å²) >= 11 is 0. The SMILES string of the molecule is CCN(CC)C/C=C(\C)C(=O)O. The molecule has 0 saturated heterocycles. The topological polar surface area (TPSA) is 40.5 Å². The number of hydrogen-bond acceptors (Lipinski definition) is 2. The molecule has 0 aliphatic heterocycles. The smallest absolute Gasteiger partial charge is 0.330 e. The van der Waals surface area contributed by atoms with Gasteiger partial charge in [-0.3, -0.25) is 0 Å². The number of carbonyl (C=O) groups is 1. The van der Waals surface area contributed by atoms with Crippen molar-refractivity contribution >= 4 is 5.97 Å². The van der Waals surface area contributed by atoms with E-state index in [-0.39, 0.29) is 0 Å². The molecule has 0 spiro atoms. The first-order valence-corrected chi connectivity index (χ1v) is 4.24. The molecular formula is C9H17NO2. The van der Waals surface area contributed by atoms with Gasteiger partial charge in [-0.1, -0.05) is 19.9 Å². The highest BCUT2D eigenvalue weighted by Gasteiger charge is 2.00. The van der Waals surface area contributed by atoms with Crippen molar-refractivity contribution in [2.75, 3.05) is 19.6 Å². The maximum atomic E-state index is 10.4. The molecule has 0 aromatic heterocycles. The second-order valence-corrected chi connectivity index (χ2v) is 2.68. The molecule has 0 atom stereocenters. The number of aliphatic carboxylic acids is 1. The average Bonchev–Trinajstić information content (AvgIpc) is 2.05. The van der Waals surface area contributed by atoms with E-state index in [0.717, 1.165) is 19.6 Å². The van der Waals surface area contributed by atoms with Gasteiger partial charge < -0.3 is 10.0 Å². The van der Waals surface area contributed by atoms with Crippen molar-refractivity contribution in [2.45, 2.75) is 20.8 Å². The van der Waals surface area contributed by atoms with Crippen molar-refractivity contribution in [3.63, 3.8) is 0 Å². The van der Waals surface area contributed by atoms with Gasteiger partial charge in [0.2, 0.25) is 0 Å². The zero-order valence-electron chi connectivity index (χ0n) is 8.00. The van der Waals surface area contributed by atoms with Crippen LogP contribution >= 0.6 is 0 Å². The van der Waals surface area contributed by atoms with Crippen LogP contribution in [0.15, 0.2) is 11.6 Å². The Balaban J connectivity index is 3.93. The van der Waals surface area contributed by atoms with Crippen LogP contribution in [-0.4, -0.2) is 35.6 Å². The molecule has 0 bridgehead atoms. The third-order valence-electron chi connectivity index (χ3n) is 1.89. The highest BCUT2D eigenvalue weighted by atomic mass is 16.4. The molecule has 0 aromatic rings. The first-order chi connectivity index (χ1) is 5.61. The highest BCUT2D eigenvalue weighted by Crippen LogP contribution is 1.94. The van der Waals surface area contributed by atoms with E-state index in [0.29, 0.717) is 5.57 Å². The van der Waals surface area contributed by atoms with E-state index in [1.807, 2.05) is 0 Å². The van der Waals surface area contributed by atoms with Crippen LogP contribution in [0.25, 0.3) is 0 Å². The van der Waals surface area contributed by atoms with E-state index in [1.54, 1.807) is 13.0 Å². The minimum absolute atomic E-state index is 0.418. The first kappa shape index (κ1) is 11.2. The molecule has 0 saturated carbocycles. The lowest BCUT2D eigenvalue weighted by Gasteiger charge is -2.15. The number of nitrogens with zero attached hydrogens (tertiary/aromatic N) is 1. The van der Waals surface area contributed by atoms with E-state index in [2.05, 4.69) is 18.7 Å². The van der Waals surface area contributed by atoms with Crippen molar-refractivity contribution in [3.8, 4) is 0 Å². The molecule has 0 aliphatic rings. The lowest BCUT2D eigenvalue weighted by Crippen LogP contribution is -2.23.